The number of nitrogens with zero attached hydrogens (tertiary/aromatic N) is 5. The maximum Gasteiger partial charge on any atom is 0.387 e. The Morgan fingerprint density at radius 3 is 2.66 bits per heavy atom. The first-order valence-electron chi connectivity index (χ1n) is 11.3. The standard InChI is InChI=1S/C25H24F2N6O2/c1-32-9-7-18(8-10-32)33-15-17(13-29-33)20-11-22(35-25(26)27)19-14-28-23(12-21(19)30-20)31-24(34)16-5-3-2-4-6-16/h2-6,11-15,18,25H,7-10H2,1H3,(H,28,31,34). The molecule has 1 aliphatic heterocycles. The van der Waals surface area contributed by atoms with E-state index in [0.717, 1.165) is 25.9 Å². The molecule has 0 spiro atoms. The molecule has 180 valence electrons. The van der Waals surface area contributed by atoms with Gasteiger partial charge in [-0.15, -0.1) is 0 Å². The van der Waals surface area contributed by atoms with Gasteiger partial charge >= 0.3 is 6.61 Å². The zero-order chi connectivity index (χ0) is 24.4. The third kappa shape index (κ3) is 5.12. The number of carbonyl (C=O) groups excluding carboxylic acids is 1. The fraction of sp³-hybridized carbons (Fsp3) is 0.280. The SMILES string of the molecule is CN1CCC(n2cc(-c3cc(OC(F)F)c4cnc(NC(=O)c5ccccc5)cc4n3)cn2)CC1. The van der Waals surface area contributed by atoms with Gasteiger partial charge in [-0.2, -0.15) is 13.9 Å². The Kier molecular flexibility index (Phi) is 6.37. The van der Waals surface area contributed by atoms with Crippen molar-refractivity contribution in [2.24, 2.45) is 0 Å². The molecule has 5 rings (SSSR count). The van der Waals surface area contributed by atoms with Crippen LogP contribution in [0.15, 0.2) is 61.1 Å². The zero-order valence-corrected chi connectivity index (χ0v) is 19.1. The fourth-order valence-electron chi connectivity index (χ4n) is 4.21. The first kappa shape index (κ1) is 22.9. The van der Waals surface area contributed by atoms with Crippen molar-refractivity contribution in [2.75, 3.05) is 25.5 Å². The molecule has 35 heavy (non-hydrogen) atoms. The number of nitrogens with one attached hydrogen (secondary N) is 1. The Labute approximate surface area is 200 Å². The minimum Gasteiger partial charge on any atom is -0.434 e. The van der Waals surface area contributed by atoms with Crippen LogP contribution in [0.25, 0.3) is 22.2 Å². The van der Waals surface area contributed by atoms with Gasteiger partial charge in [0.25, 0.3) is 5.91 Å². The number of halogens is 2. The fourth-order valence-corrected chi connectivity index (χ4v) is 4.21. The predicted molar refractivity (Wildman–Crippen MR) is 128 cm³/mol. The summed E-state index contributed by atoms with van der Waals surface area (Å²) in [4.78, 5) is 23.6. The monoisotopic (exact) mass is 478 g/mol. The van der Waals surface area contributed by atoms with Gasteiger partial charge in [0.2, 0.25) is 0 Å². The van der Waals surface area contributed by atoms with Gasteiger partial charge in [0.05, 0.1) is 28.8 Å². The van der Waals surface area contributed by atoms with Gasteiger partial charge in [-0.3, -0.25) is 9.48 Å². The minimum absolute atomic E-state index is 0.0412. The molecule has 1 fully saturated rings. The third-order valence-corrected chi connectivity index (χ3v) is 6.11. The van der Waals surface area contributed by atoms with Crippen LogP contribution < -0.4 is 10.1 Å². The summed E-state index contributed by atoms with van der Waals surface area (Å²) in [6.45, 7) is -1.02. The number of rotatable bonds is 6. The Morgan fingerprint density at radius 1 is 1.14 bits per heavy atom. The van der Waals surface area contributed by atoms with Crippen molar-refractivity contribution in [1.29, 1.82) is 0 Å². The highest BCUT2D eigenvalue weighted by Gasteiger charge is 2.20. The summed E-state index contributed by atoms with van der Waals surface area (Å²) in [7, 11) is 2.10. The highest BCUT2D eigenvalue weighted by Crippen LogP contribution is 2.32. The molecule has 1 saturated heterocycles. The highest BCUT2D eigenvalue weighted by molar-refractivity contribution is 6.04. The number of ether oxygens (including phenoxy) is 1. The number of hydrogen-bond acceptors (Lipinski definition) is 6. The van der Waals surface area contributed by atoms with Crippen LogP contribution in [0.3, 0.4) is 0 Å². The molecule has 4 aromatic rings. The number of carbonyl (C=O) groups is 1. The summed E-state index contributed by atoms with van der Waals surface area (Å²) in [6, 6.07) is 12.0. The number of fused-ring (bicyclic) bond motifs is 1. The summed E-state index contributed by atoms with van der Waals surface area (Å²) < 4.78 is 33.0. The van der Waals surface area contributed by atoms with E-state index in [1.54, 1.807) is 36.5 Å². The molecule has 0 saturated carbocycles. The second-order valence-corrected chi connectivity index (χ2v) is 8.53. The van der Waals surface area contributed by atoms with E-state index in [-0.39, 0.29) is 23.5 Å². The van der Waals surface area contributed by atoms with E-state index >= 15 is 0 Å². The number of piperidine rings is 1. The number of hydrogen-bond donors (Lipinski definition) is 1. The number of alkyl halides is 2. The van der Waals surface area contributed by atoms with Crippen molar-refractivity contribution in [1.82, 2.24) is 24.6 Å². The van der Waals surface area contributed by atoms with Crippen molar-refractivity contribution in [3.05, 3.63) is 66.6 Å². The molecule has 3 aromatic heterocycles. The summed E-state index contributed by atoms with van der Waals surface area (Å²) in [5.74, 6) is -0.126. The molecule has 0 atom stereocenters. The molecular weight excluding hydrogens is 454 g/mol. The Hall–Kier alpha value is -3.92. The number of pyridine rings is 2. The molecule has 0 radical (unpaired) electrons. The lowest BCUT2D eigenvalue weighted by Crippen LogP contribution is -2.31. The van der Waals surface area contributed by atoms with E-state index in [9.17, 15) is 13.6 Å². The van der Waals surface area contributed by atoms with E-state index < -0.39 is 6.61 Å². The molecule has 1 amide bonds. The third-order valence-electron chi connectivity index (χ3n) is 6.11. The molecule has 1 aliphatic rings. The largest absolute Gasteiger partial charge is 0.434 e. The summed E-state index contributed by atoms with van der Waals surface area (Å²) in [6.07, 6.45) is 6.90. The van der Waals surface area contributed by atoms with Gasteiger partial charge < -0.3 is 15.0 Å². The number of likely N-dealkylation sites (tertiary alicyclic amines) is 1. The van der Waals surface area contributed by atoms with E-state index in [1.807, 2.05) is 16.9 Å². The van der Waals surface area contributed by atoms with Crippen LogP contribution in [0.5, 0.6) is 5.75 Å². The molecule has 8 nitrogen and oxygen atoms in total. The minimum atomic E-state index is -3.01. The van der Waals surface area contributed by atoms with Crippen LogP contribution in [0, 0.1) is 0 Å². The number of benzene rings is 1. The number of aromatic nitrogens is 4. The van der Waals surface area contributed by atoms with Crippen LogP contribution in [-0.2, 0) is 0 Å². The zero-order valence-electron chi connectivity index (χ0n) is 19.1. The van der Waals surface area contributed by atoms with E-state index in [4.69, 9.17) is 4.74 Å². The van der Waals surface area contributed by atoms with E-state index in [1.165, 1.54) is 12.3 Å². The van der Waals surface area contributed by atoms with Crippen LogP contribution >= 0.6 is 0 Å². The van der Waals surface area contributed by atoms with Crippen molar-refractivity contribution in [3.8, 4) is 17.0 Å². The maximum atomic E-state index is 13.2. The molecule has 4 heterocycles. The normalized spacial score (nSPS) is 15.0. The Balaban J connectivity index is 1.47. The van der Waals surface area contributed by atoms with Crippen LogP contribution in [0.1, 0.15) is 29.2 Å². The first-order valence-corrected chi connectivity index (χ1v) is 11.3. The molecule has 1 N–H and O–H groups in total. The van der Waals surface area contributed by atoms with Crippen molar-refractivity contribution in [3.63, 3.8) is 0 Å². The van der Waals surface area contributed by atoms with Gasteiger partial charge in [-0.25, -0.2) is 9.97 Å². The average Bonchev–Trinajstić information content (AvgIpc) is 3.35. The summed E-state index contributed by atoms with van der Waals surface area (Å²) in [5, 5.41) is 7.54. The second-order valence-electron chi connectivity index (χ2n) is 8.53. The maximum absolute atomic E-state index is 13.2. The smallest absolute Gasteiger partial charge is 0.387 e. The van der Waals surface area contributed by atoms with Gasteiger partial charge in [0.1, 0.15) is 11.6 Å². The highest BCUT2D eigenvalue weighted by atomic mass is 19.3. The summed E-state index contributed by atoms with van der Waals surface area (Å²) >= 11 is 0. The lowest BCUT2D eigenvalue weighted by molar-refractivity contribution is -0.0488. The van der Waals surface area contributed by atoms with Crippen LogP contribution in [0.4, 0.5) is 14.6 Å². The van der Waals surface area contributed by atoms with Crippen LogP contribution in [0.2, 0.25) is 0 Å². The Morgan fingerprint density at radius 2 is 1.91 bits per heavy atom. The summed E-state index contributed by atoms with van der Waals surface area (Å²) in [5.41, 5.74) is 1.97. The van der Waals surface area contributed by atoms with Crippen molar-refractivity contribution in [2.45, 2.75) is 25.5 Å². The second kappa shape index (κ2) is 9.75. The lowest BCUT2D eigenvalue weighted by atomic mass is 10.1. The van der Waals surface area contributed by atoms with Crippen LogP contribution in [-0.4, -0.2) is 57.3 Å². The number of amides is 1. The number of anilines is 1. The van der Waals surface area contributed by atoms with Gasteiger partial charge in [0.15, 0.2) is 0 Å². The molecule has 1 aromatic carbocycles. The van der Waals surface area contributed by atoms with Gasteiger partial charge in [-0.05, 0) is 45.1 Å². The molecular formula is C25H24F2N6O2. The van der Waals surface area contributed by atoms with E-state index in [0.29, 0.717) is 27.7 Å². The Bertz CT molecular complexity index is 1340. The molecule has 0 unspecified atom stereocenters. The quantitative estimate of drug-likeness (QED) is 0.436. The average molecular weight is 479 g/mol. The predicted octanol–water partition coefficient (Wildman–Crippen LogP) is 4.61. The first-order chi connectivity index (χ1) is 17.0. The van der Waals surface area contributed by atoms with Gasteiger partial charge in [-0.1, -0.05) is 18.2 Å². The van der Waals surface area contributed by atoms with Gasteiger partial charge in [0, 0.05) is 35.7 Å². The van der Waals surface area contributed by atoms with Crippen molar-refractivity contribution < 1.29 is 18.3 Å². The topological polar surface area (TPSA) is 85.2 Å². The van der Waals surface area contributed by atoms with Crippen molar-refractivity contribution >= 4 is 22.6 Å². The molecule has 0 aliphatic carbocycles. The lowest BCUT2D eigenvalue weighted by Gasteiger charge is -2.28. The molecule has 0 bridgehead atoms. The van der Waals surface area contributed by atoms with E-state index in [2.05, 4.69) is 32.3 Å². The molecule has 10 heteroatoms.